The number of phenolic OH excluding ortho intramolecular Hbond substituents is 1. The van der Waals surface area contributed by atoms with E-state index >= 15 is 0 Å². The number of phenols is 1. The molecular weight excluding hydrogens is 380 g/mol. The van der Waals surface area contributed by atoms with E-state index in [2.05, 4.69) is 22.5 Å². The number of rotatable bonds is 9. The summed E-state index contributed by atoms with van der Waals surface area (Å²) in [6.45, 7) is 6.29. The lowest BCUT2D eigenvalue weighted by Crippen LogP contribution is -2.40. The van der Waals surface area contributed by atoms with Gasteiger partial charge in [-0.15, -0.1) is 0 Å². The molecule has 3 N–H and O–H groups in total. The summed E-state index contributed by atoms with van der Waals surface area (Å²) in [5.41, 5.74) is 0.847. The van der Waals surface area contributed by atoms with Crippen molar-refractivity contribution in [2.75, 3.05) is 39.8 Å². The maximum absolute atomic E-state index is 10.3. The number of furan rings is 1. The van der Waals surface area contributed by atoms with Gasteiger partial charge in [-0.2, -0.15) is 0 Å². The van der Waals surface area contributed by atoms with Crippen molar-refractivity contribution in [1.29, 1.82) is 0 Å². The Labute approximate surface area is 179 Å². The van der Waals surface area contributed by atoms with Crippen molar-refractivity contribution in [3.63, 3.8) is 0 Å². The number of nitrogens with one attached hydrogen (secondary N) is 2. The molecule has 0 amide bonds. The number of guanidine groups is 1. The molecule has 0 saturated carbocycles. The van der Waals surface area contributed by atoms with Gasteiger partial charge in [0.05, 0.1) is 26.0 Å². The Morgan fingerprint density at radius 3 is 2.73 bits per heavy atom. The minimum absolute atomic E-state index is 0.151. The predicted octanol–water partition coefficient (Wildman–Crippen LogP) is 3.32. The molecule has 164 valence electrons. The summed E-state index contributed by atoms with van der Waals surface area (Å²) in [5, 5.41) is 17.0. The Balaban J connectivity index is 1.62. The molecule has 2 heterocycles. The molecule has 7 heteroatoms. The fourth-order valence-corrected chi connectivity index (χ4v) is 3.87. The number of methoxy groups -OCH3 is 1. The Bertz CT molecular complexity index is 786. The smallest absolute Gasteiger partial charge is 0.191 e. The number of hydrogen-bond donors (Lipinski definition) is 3. The van der Waals surface area contributed by atoms with Crippen LogP contribution in [0.25, 0.3) is 0 Å². The summed E-state index contributed by atoms with van der Waals surface area (Å²) in [7, 11) is 1.56. The van der Waals surface area contributed by atoms with E-state index < -0.39 is 0 Å². The van der Waals surface area contributed by atoms with E-state index in [0.717, 1.165) is 36.9 Å². The first-order valence-corrected chi connectivity index (χ1v) is 10.9. The fraction of sp³-hybridized carbons (Fsp3) is 0.522. The number of piperidine rings is 1. The molecule has 0 bridgehead atoms. The zero-order valence-electron chi connectivity index (χ0n) is 18.1. The van der Waals surface area contributed by atoms with E-state index in [9.17, 15) is 5.11 Å². The SMILES string of the molecule is CCNC(=NCC(c1ccco1)N1CCCCC1)NCCc1cccc(OC)c1O. The maximum Gasteiger partial charge on any atom is 0.191 e. The number of ether oxygens (including phenoxy) is 1. The third-order valence-electron chi connectivity index (χ3n) is 5.46. The monoisotopic (exact) mass is 414 g/mol. The van der Waals surface area contributed by atoms with E-state index in [1.165, 1.54) is 19.3 Å². The van der Waals surface area contributed by atoms with Gasteiger partial charge in [-0.3, -0.25) is 9.89 Å². The van der Waals surface area contributed by atoms with Crippen LogP contribution in [0.4, 0.5) is 0 Å². The summed E-state index contributed by atoms with van der Waals surface area (Å²) in [5.74, 6) is 2.44. The zero-order valence-corrected chi connectivity index (χ0v) is 18.1. The summed E-state index contributed by atoms with van der Waals surface area (Å²) in [6.07, 6.45) is 6.15. The number of aliphatic imine (C=N–C) groups is 1. The number of nitrogens with zero attached hydrogens (tertiary/aromatic N) is 2. The van der Waals surface area contributed by atoms with Gasteiger partial charge in [-0.25, -0.2) is 0 Å². The van der Waals surface area contributed by atoms with Crippen LogP contribution in [0.1, 0.15) is 43.6 Å². The number of hydrogen-bond acceptors (Lipinski definition) is 5. The van der Waals surface area contributed by atoms with Crippen molar-refractivity contribution in [3.8, 4) is 11.5 Å². The van der Waals surface area contributed by atoms with Crippen molar-refractivity contribution in [2.45, 2.75) is 38.6 Å². The molecule has 2 aromatic rings. The molecule has 1 aromatic heterocycles. The molecule has 0 radical (unpaired) electrons. The van der Waals surface area contributed by atoms with Crippen LogP contribution >= 0.6 is 0 Å². The highest BCUT2D eigenvalue weighted by Crippen LogP contribution is 2.29. The third kappa shape index (κ3) is 5.92. The van der Waals surface area contributed by atoms with Crippen molar-refractivity contribution >= 4 is 5.96 Å². The number of aromatic hydroxyl groups is 1. The van der Waals surface area contributed by atoms with Crippen LogP contribution in [-0.4, -0.2) is 55.8 Å². The Hall–Kier alpha value is -2.67. The highest BCUT2D eigenvalue weighted by molar-refractivity contribution is 5.79. The first-order chi connectivity index (χ1) is 14.7. The molecule has 1 atom stereocenters. The van der Waals surface area contributed by atoms with Gasteiger partial charge >= 0.3 is 0 Å². The fourth-order valence-electron chi connectivity index (χ4n) is 3.87. The minimum Gasteiger partial charge on any atom is -0.504 e. The number of benzene rings is 1. The molecule has 1 unspecified atom stereocenters. The molecule has 1 aliphatic rings. The summed E-state index contributed by atoms with van der Waals surface area (Å²) in [6, 6.07) is 9.69. The van der Waals surface area contributed by atoms with E-state index in [1.54, 1.807) is 19.4 Å². The van der Waals surface area contributed by atoms with E-state index in [0.29, 0.717) is 25.3 Å². The van der Waals surface area contributed by atoms with Gasteiger partial charge < -0.3 is 24.9 Å². The van der Waals surface area contributed by atoms with Gasteiger partial charge in [0.2, 0.25) is 0 Å². The van der Waals surface area contributed by atoms with Gasteiger partial charge in [-0.05, 0) is 63.0 Å². The lowest BCUT2D eigenvalue weighted by molar-refractivity contribution is 0.150. The van der Waals surface area contributed by atoms with Gasteiger partial charge in [-0.1, -0.05) is 18.6 Å². The van der Waals surface area contributed by atoms with Gasteiger partial charge in [0.15, 0.2) is 17.5 Å². The van der Waals surface area contributed by atoms with Crippen LogP contribution in [0.5, 0.6) is 11.5 Å². The van der Waals surface area contributed by atoms with Crippen LogP contribution < -0.4 is 15.4 Å². The zero-order chi connectivity index (χ0) is 21.2. The molecule has 1 aromatic carbocycles. The quantitative estimate of drug-likeness (QED) is 0.431. The van der Waals surface area contributed by atoms with E-state index in [1.807, 2.05) is 24.3 Å². The standard InChI is InChI=1S/C23H34N4O3/c1-3-24-23(25-13-12-18-9-7-10-21(29-2)22(18)28)26-17-19(20-11-8-16-30-20)27-14-5-4-6-15-27/h7-11,16,19,28H,3-6,12-15,17H2,1-2H3,(H2,24,25,26). The molecule has 7 nitrogen and oxygen atoms in total. The van der Waals surface area contributed by atoms with Crippen molar-refractivity contribution in [2.24, 2.45) is 4.99 Å². The van der Waals surface area contributed by atoms with Crippen LogP contribution in [-0.2, 0) is 6.42 Å². The van der Waals surface area contributed by atoms with Crippen LogP contribution in [0.3, 0.4) is 0 Å². The average Bonchev–Trinajstić information content (AvgIpc) is 3.30. The first kappa shape index (κ1) is 22.0. The van der Waals surface area contributed by atoms with Crippen molar-refractivity contribution in [1.82, 2.24) is 15.5 Å². The highest BCUT2D eigenvalue weighted by atomic mass is 16.5. The largest absolute Gasteiger partial charge is 0.504 e. The van der Waals surface area contributed by atoms with Crippen LogP contribution in [0, 0.1) is 0 Å². The third-order valence-corrected chi connectivity index (χ3v) is 5.46. The van der Waals surface area contributed by atoms with Crippen LogP contribution in [0.15, 0.2) is 46.0 Å². The second-order valence-electron chi connectivity index (χ2n) is 7.49. The summed E-state index contributed by atoms with van der Waals surface area (Å²) < 4.78 is 10.9. The predicted molar refractivity (Wildman–Crippen MR) is 119 cm³/mol. The average molecular weight is 415 g/mol. The van der Waals surface area contributed by atoms with Crippen LogP contribution in [0.2, 0.25) is 0 Å². The number of likely N-dealkylation sites (tertiary alicyclic amines) is 1. The Morgan fingerprint density at radius 1 is 1.20 bits per heavy atom. The summed E-state index contributed by atoms with van der Waals surface area (Å²) in [4.78, 5) is 7.31. The topological polar surface area (TPSA) is 82.3 Å². The molecular formula is C23H34N4O3. The molecule has 0 spiro atoms. The first-order valence-electron chi connectivity index (χ1n) is 10.9. The van der Waals surface area contributed by atoms with Gasteiger partial charge in [0.1, 0.15) is 5.76 Å². The second-order valence-corrected chi connectivity index (χ2v) is 7.49. The Morgan fingerprint density at radius 2 is 2.03 bits per heavy atom. The summed E-state index contributed by atoms with van der Waals surface area (Å²) >= 11 is 0. The minimum atomic E-state index is 0.151. The normalized spacial score (nSPS) is 16.3. The van der Waals surface area contributed by atoms with E-state index in [4.69, 9.17) is 14.1 Å². The Kier molecular flexibility index (Phi) is 8.44. The van der Waals surface area contributed by atoms with Gasteiger partial charge in [0.25, 0.3) is 0 Å². The maximum atomic E-state index is 10.3. The van der Waals surface area contributed by atoms with E-state index in [-0.39, 0.29) is 11.8 Å². The van der Waals surface area contributed by atoms with Gasteiger partial charge in [0, 0.05) is 13.1 Å². The number of para-hydroxylation sites is 1. The molecule has 3 rings (SSSR count). The van der Waals surface area contributed by atoms with Crippen molar-refractivity contribution in [3.05, 3.63) is 47.9 Å². The lowest BCUT2D eigenvalue weighted by Gasteiger charge is -2.32. The molecule has 30 heavy (non-hydrogen) atoms. The second kappa shape index (κ2) is 11.5. The highest BCUT2D eigenvalue weighted by Gasteiger charge is 2.24. The van der Waals surface area contributed by atoms with Crippen molar-refractivity contribution < 1.29 is 14.3 Å². The lowest BCUT2D eigenvalue weighted by atomic mass is 10.1. The molecule has 1 fully saturated rings. The molecule has 1 saturated heterocycles. The molecule has 1 aliphatic heterocycles. The molecule has 0 aliphatic carbocycles.